The van der Waals surface area contributed by atoms with E-state index in [2.05, 4.69) is 10.3 Å². The van der Waals surface area contributed by atoms with E-state index in [9.17, 15) is 14.7 Å². The minimum atomic E-state index is -0.377. The van der Waals surface area contributed by atoms with E-state index in [-0.39, 0.29) is 29.6 Å². The van der Waals surface area contributed by atoms with Gasteiger partial charge in [0.2, 0.25) is 5.91 Å². The number of amides is 1. The van der Waals surface area contributed by atoms with Crippen molar-refractivity contribution in [1.29, 1.82) is 0 Å². The summed E-state index contributed by atoms with van der Waals surface area (Å²) in [6.45, 7) is 1.79. The van der Waals surface area contributed by atoms with Crippen molar-refractivity contribution in [2.75, 3.05) is 12.4 Å². The molecule has 1 aromatic heterocycles. The molecule has 0 aliphatic carbocycles. The van der Waals surface area contributed by atoms with E-state index in [1.807, 2.05) is 18.2 Å². The van der Waals surface area contributed by atoms with Gasteiger partial charge in [0.05, 0.1) is 7.11 Å². The number of aromatic hydroxyl groups is 1. The first-order valence-corrected chi connectivity index (χ1v) is 8.30. The molecule has 6 nitrogen and oxygen atoms in total. The van der Waals surface area contributed by atoms with Gasteiger partial charge in [0.1, 0.15) is 11.5 Å². The summed E-state index contributed by atoms with van der Waals surface area (Å²) in [4.78, 5) is 27.7. The molecule has 2 heterocycles. The van der Waals surface area contributed by atoms with Crippen molar-refractivity contribution in [2.24, 2.45) is 0 Å². The molecule has 0 saturated carbocycles. The minimum absolute atomic E-state index is 0.113. The number of rotatable bonds is 2. The lowest BCUT2D eigenvalue weighted by atomic mass is 9.84. The fourth-order valence-corrected chi connectivity index (χ4v) is 3.48. The van der Waals surface area contributed by atoms with Gasteiger partial charge in [-0.3, -0.25) is 9.59 Å². The Morgan fingerprint density at radius 2 is 1.92 bits per heavy atom. The van der Waals surface area contributed by atoms with E-state index in [0.29, 0.717) is 28.1 Å². The lowest BCUT2D eigenvalue weighted by Crippen LogP contribution is -2.27. The number of methoxy groups -OCH3 is 1. The lowest BCUT2D eigenvalue weighted by Gasteiger charge is -2.26. The maximum Gasteiger partial charge on any atom is 0.252 e. The number of aromatic nitrogens is 1. The highest BCUT2D eigenvalue weighted by atomic mass is 16.5. The summed E-state index contributed by atoms with van der Waals surface area (Å²) in [5.74, 6) is 0.244. The third-order valence-corrected chi connectivity index (χ3v) is 4.86. The van der Waals surface area contributed by atoms with Gasteiger partial charge in [-0.25, -0.2) is 0 Å². The van der Waals surface area contributed by atoms with Crippen molar-refractivity contribution in [1.82, 2.24) is 4.98 Å². The summed E-state index contributed by atoms with van der Waals surface area (Å²) in [6, 6.07) is 10.6. The van der Waals surface area contributed by atoms with Crippen LogP contribution in [0.2, 0.25) is 0 Å². The Balaban J connectivity index is 1.92. The van der Waals surface area contributed by atoms with E-state index < -0.39 is 0 Å². The quantitative estimate of drug-likeness (QED) is 0.662. The van der Waals surface area contributed by atoms with Crippen molar-refractivity contribution < 1.29 is 14.6 Å². The molecule has 0 radical (unpaired) electrons. The number of H-pyrrole nitrogens is 1. The topological polar surface area (TPSA) is 91.4 Å². The molecule has 1 atom stereocenters. The zero-order chi connectivity index (χ0) is 18.4. The maximum atomic E-state index is 12.7. The van der Waals surface area contributed by atoms with Crippen LogP contribution in [0.3, 0.4) is 0 Å². The molecule has 0 spiro atoms. The molecule has 1 amide bonds. The van der Waals surface area contributed by atoms with Gasteiger partial charge in [0.25, 0.3) is 5.56 Å². The number of aryl methyl sites for hydroxylation is 1. The van der Waals surface area contributed by atoms with Crippen molar-refractivity contribution in [3.05, 3.63) is 63.4 Å². The number of ether oxygens (including phenoxy) is 1. The molecule has 1 unspecified atom stereocenters. The molecule has 6 heteroatoms. The summed E-state index contributed by atoms with van der Waals surface area (Å²) in [6.07, 6.45) is 0.176. The van der Waals surface area contributed by atoms with E-state index >= 15 is 0 Å². The highest BCUT2D eigenvalue weighted by Crippen LogP contribution is 2.39. The molecule has 0 bridgehead atoms. The minimum Gasteiger partial charge on any atom is -0.508 e. The van der Waals surface area contributed by atoms with Gasteiger partial charge >= 0.3 is 0 Å². The second-order valence-corrected chi connectivity index (χ2v) is 6.54. The van der Waals surface area contributed by atoms with Crippen LogP contribution in [-0.2, 0) is 4.79 Å². The number of phenols is 1. The van der Waals surface area contributed by atoms with Crippen LogP contribution in [0.1, 0.15) is 29.0 Å². The van der Waals surface area contributed by atoms with Crippen molar-refractivity contribution in [3.63, 3.8) is 0 Å². The number of benzene rings is 2. The van der Waals surface area contributed by atoms with Crippen LogP contribution in [0.5, 0.6) is 11.5 Å². The first-order chi connectivity index (χ1) is 12.5. The predicted molar refractivity (Wildman–Crippen MR) is 99.1 cm³/mol. The van der Waals surface area contributed by atoms with Gasteiger partial charge in [-0.15, -0.1) is 0 Å². The number of fused-ring (bicyclic) bond motifs is 2. The Morgan fingerprint density at radius 3 is 2.69 bits per heavy atom. The second kappa shape index (κ2) is 5.91. The molecule has 1 aliphatic rings. The Hall–Kier alpha value is -3.28. The zero-order valence-corrected chi connectivity index (χ0v) is 14.4. The third-order valence-electron chi connectivity index (χ3n) is 4.86. The summed E-state index contributed by atoms with van der Waals surface area (Å²) >= 11 is 0. The van der Waals surface area contributed by atoms with Gasteiger partial charge < -0.3 is 20.1 Å². The van der Waals surface area contributed by atoms with Gasteiger partial charge in [-0.1, -0.05) is 0 Å². The second-order valence-electron chi connectivity index (χ2n) is 6.54. The normalized spacial score (nSPS) is 16.2. The standard InChI is InChI=1S/C20H18N2O4/c1-10-5-14-13(8-19(24)21-17(14)9-18(10)23)15-7-11-6-12(26-2)3-4-16(11)22-20(15)25/h3-7,9,13,23H,8H2,1-2H3,(H,21,24)(H,22,25). The van der Waals surface area contributed by atoms with E-state index in [1.54, 1.807) is 26.2 Å². The molecule has 2 aromatic carbocycles. The summed E-state index contributed by atoms with van der Waals surface area (Å²) in [5, 5.41) is 13.5. The Bertz CT molecular complexity index is 1100. The average molecular weight is 350 g/mol. The van der Waals surface area contributed by atoms with E-state index in [1.165, 1.54) is 6.07 Å². The lowest BCUT2D eigenvalue weighted by molar-refractivity contribution is -0.116. The fourth-order valence-electron chi connectivity index (χ4n) is 3.48. The summed E-state index contributed by atoms with van der Waals surface area (Å²) in [5.41, 5.74) is 3.07. The SMILES string of the molecule is COc1ccc2[nH]c(=O)c(C3CC(=O)Nc4cc(O)c(C)cc43)cc2c1. The maximum absolute atomic E-state index is 12.7. The number of carbonyl (C=O) groups excluding carboxylic acids is 1. The summed E-state index contributed by atoms with van der Waals surface area (Å²) in [7, 11) is 1.59. The van der Waals surface area contributed by atoms with E-state index in [0.717, 1.165) is 10.9 Å². The molecule has 4 rings (SSSR count). The molecule has 0 fully saturated rings. The van der Waals surface area contributed by atoms with Gasteiger partial charge in [0.15, 0.2) is 0 Å². The van der Waals surface area contributed by atoms with E-state index in [4.69, 9.17) is 4.74 Å². The van der Waals surface area contributed by atoms with Gasteiger partial charge in [-0.2, -0.15) is 0 Å². The number of phenolic OH excluding ortho intramolecular Hbond substituents is 1. The van der Waals surface area contributed by atoms with Crippen molar-refractivity contribution >= 4 is 22.5 Å². The molecule has 3 aromatic rings. The molecule has 132 valence electrons. The van der Waals surface area contributed by atoms with Gasteiger partial charge in [-0.05, 0) is 48.4 Å². The number of anilines is 1. The molecular formula is C20H18N2O4. The van der Waals surface area contributed by atoms with Crippen LogP contribution in [0.4, 0.5) is 5.69 Å². The van der Waals surface area contributed by atoms with Crippen LogP contribution in [-0.4, -0.2) is 23.1 Å². The molecular weight excluding hydrogens is 332 g/mol. The smallest absolute Gasteiger partial charge is 0.252 e. The number of hydrogen-bond acceptors (Lipinski definition) is 4. The molecule has 3 N–H and O–H groups in total. The Labute approximate surface area is 149 Å². The van der Waals surface area contributed by atoms with Crippen LogP contribution in [0.15, 0.2) is 41.2 Å². The van der Waals surface area contributed by atoms with Crippen molar-refractivity contribution in [2.45, 2.75) is 19.3 Å². The molecule has 0 saturated heterocycles. The third kappa shape index (κ3) is 2.60. The largest absolute Gasteiger partial charge is 0.508 e. The molecule has 1 aliphatic heterocycles. The predicted octanol–water partition coefficient (Wildman–Crippen LogP) is 3.02. The van der Waals surface area contributed by atoms with Crippen LogP contribution in [0.25, 0.3) is 10.9 Å². The first kappa shape index (κ1) is 16.2. The Morgan fingerprint density at radius 1 is 1.12 bits per heavy atom. The average Bonchev–Trinajstić information content (AvgIpc) is 2.61. The zero-order valence-electron chi connectivity index (χ0n) is 14.4. The number of pyridine rings is 1. The number of carbonyl (C=O) groups is 1. The van der Waals surface area contributed by atoms with Crippen molar-refractivity contribution in [3.8, 4) is 11.5 Å². The summed E-state index contributed by atoms with van der Waals surface area (Å²) < 4.78 is 5.26. The van der Waals surface area contributed by atoms with Crippen LogP contribution in [0, 0.1) is 6.92 Å². The Kier molecular flexibility index (Phi) is 3.68. The fraction of sp³-hybridized carbons (Fsp3) is 0.200. The number of aromatic amines is 1. The van der Waals surface area contributed by atoms with Gasteiger partial charge in [0, 0.05) is 40.6 Å². The van der Waals surface area contributed by atoms with Crippen LogP contribution < -0.4 is 15.6 Å². The first-order valence-electron chi connectivity index (χ1n) is 8.30. The number of hydrogen-bond donors (Lipinski definition) is 3. The highest BCUT2D eigenvalue weighted by Gasteiger charge is 2.29. The van der Waals surface area contributed by atoms with Crippen LogP contribution >= 0.6 is 0 Å². The highest BCUT2D eigenvalue weighted by molar-refractivity contribution is 5.96. The number of nitrogens with one attached hydrogen (secondary N) is 2. The molecule has 26 heavy (non-hydrogen) atoms. The monoisotopic (exact) mass is 350 g/mol.